The van der Waals surface area contributed by atoms with E-state index in [1.54, 1.807) is 45.4 Å². The molecule has 0 fully saturated rings. The summed E-state index contributed by atoms with van der Waals surface area (Å²) in [5, 5.41) is 3.91. The normalized spacial score (nSPS) is 10.7. The third-order valence-corrected chi connectivity index (χ3v) is 3.46. The van der Waals surface area contributed by atoms with Gasteiger partial charge in [0.15, 0.2) is 5.76 Å². The van der Waals surface area contributed by atoms with Gasteiger partial charge in [-0.2, -0.15) is 5.10 Å². The number of methoxy groups -OCH3 is 2. The molecule has 0 radical (unpaired) electrons. The summed E-state index contributed by atoms with van der Waals surface area (Å²) in [6.45, 7) is 1.76. The first-order chi connectivity index (χ1) is 10.5. The van der Waals surface area contributed by atoms with Gasteiger partial charge in [-0.05, 0) is 41.1 Å². The molecule has 22 heavy (non-hydrogen) atoms. The third kappa shape index (κ3) is 3.67. The topological polar surface area (TPSA) is 73.1 Å². The van der Waals surface area contributed by atoms with Crippen LogP contribution < -0.4 is 14.9 Å². The van der Waals surface area contributed by atoms with Crippen LogP contribution in [-0.2, 0) is 0 Å². The highest BCUT2D eigenvalue weighted by molar-refractivity contribution is 9.10. The maximum atomic E-state index is 11.8. The first-order valence-corrected chi connectivity index (χ1v) is 7.15. The number of furan rings is 1. The molecule has 0 unspecified atom stereocenters. The second-order valence-electron chi connectivity index (χ2n) is 4.34. The van der Waals surface area contributed by atoms with Crippen LogP contribution in [0.2, 0.25) is 0 Å². The molecule has 0 saturated carbocycles. The molecule has 0 aliphatic rings. The summed E-state index contributed by atoms with van der Waals surface area (Å²) < 4.78 is 16.4. The Hall–Kier alpha value is -2.28. The summed E-state index contributed by atoms with van der Waals surface area (Å²) in [6.07, 6.45) is 1.48. The Balaban J connectivity index is 2.13. The number of amides is 1. The summed E-state index contributed by atoms with van der Waals surface area (Å²) in [5.41, 5.74) is 3.08. The predicted molar refractivity (Wildman–Crippen MR) is 85.8 cm³/mol. The second kappa shape index (κ2) is 7.13. The lowest BCUT2D eigenvalue weighted by Crippen LogP contribution is -2.16. The fourth-order valence-corrected chi connectivity index (χ4v) is 2.28. The number of rotatable bonds is 5. The first-order valence-electron chi connectivity index (χ1n) is 6.36. The van der Waals surface area contributed by atoms with Gasteiger partial charge in [0.2, 0.25) is 0 Å². The molecule has 0 atom stereocenters. The summed E-state index contributed by atoms with van der Waals surface area (Å²) in [4.78, 5) is 11.8. The number of carbonyl (C=O) groups excluding carboxylic acids is 1. The van der Waals surface area contributed by atoms with Crippen molar-refractivity contribution in [3.8, 4) is 11.5 Å². The van der Waals surface area contributed by atoms with E-state index in [1.807, 2.05) is 0 Å². The van der Waals surface area contributed by atoms with Crippen molar-refractivity contribution in [1.29, 1.82) is 0 Å². The van der Waals surface area contributed by atoms with Crippen molar-refractivity contribution in [1.82, 2.24) is 5.43 Å². The van der Waals surface area contributed by atoms with Gasteiger partial charge in [0, 0.05) is 11.6 Å². The Kier molecular flexibility index (Phi) is 5.21. The van der Waals surface area contributed by atoms with Crippen LogP contribution in [0.1, 0.15) is 21.9 Å². The van der Waals surface area contributed by atoms with Crippen LogP contribution in [0, 0.1) is 6.92 Å². The summed E-state index contributed by atoms with van der Waals surface area (Å²) in [6, 6.07) is 6.81. The molecule has 0 spiro atoms. The van der Waals surface area contributed by atoms with E-state index in [-0.39, 0.29) is 5.76 Å². The SMILES string of the molecule is COc1cc(OC)c(/C=N\NC(=O)c2ccc(C)o2)cc1Br. The smallest absolute Gasteiger partial charge is 0.307 e. The molecule has 0 saturated heterocycles. The van der Waals surface area contributed by atoms with Crippen molar-refractivity contribution in [2.45, 2.75) is 6.92 Å². The Morgan fingerprint density at radius 1 is 1.27 bits per heavy atom. The highest BCUT2D eigenvalue weighted by Gasteiger charge is 2.10. The molecule has 1 aromatic carbocycles. The van der Waals surface area contributed by atoms with Gasteiger partial charge in [-0.15, -0.1) is 0 Å². The molecule has 0 aliphatic carbocycles. The van der Waals surface area contributed by atoms with Gasteiger partial charge in [-0.1, -0.05) is 0 Å². The molecule has 1 aromatic heterocycles. The number of benzene rings is 1. The highest BCUT2D eigenvalue weighted by atomic mass is 79.9. The molecular formula is C15H15BrN2O4. The Morgan fingerprint density at radius 3 is 2.59 bits per heavy atom. The Labute approximate surface area is 136 Å². The molecular weight excluding hydrogens is 352 g/mol. The largest absolute Gasteiger partial charge is 0.496 e. The van der Waals surface area contributed by atoms with Crippen molar-refractivity contribution in [2.24, 2.45) is 5.10 Å². The van der Waals surface area contributed by atoms with Crippen LogP contribution >= 0.6 is 15.9 Å². The van der Waals surface area contributed by atoms with Crippen LogP contribution in [0.4, 0.5) is 0 Å². The lowest BCUT2D eigenvalue weighted by molar-refractivity contribution is 0.0926. The minimum atomic E-state index is -0.420. The average Bonchev–Trinajstić information content (AvgIpc) is 2.94. The number of carbonyl (C=O) groups is 1. The lowest BCUT2D eigenvalue weighted by atomic mass is 10.2. The molecule has 2 rings (SSSR count). The van der Waals surface area contributed by atoms with Gasteiger partial charge in [-0.3, -0.25) is 4.79 Å². The van der Waals surface area contributed by atoms with E-state index in [0.29, 0.717) is 22.8 Å². The Morgan fingerprint density at radius 2 is 2.00 bits per heavy atom. The number of aryl methyl sites for hydroxylation is 1. The minimum absolute atomic E-state index is 0.206. The summed E-state index contributed by atoms with van der Waals surface area (Å²) in [7, 11) is 3.11. The number of hydrogen-bond acceptors (Lipinski definition) is 5. The fourth-order valence-electron chi connectivity index (χ4n) is 1.76. The van der Waals surface area contributed by atoms with Crippen molar-refractivity contribution in [2.75, 3.05) is 14.2 Å². The quantitative estimate of drug-likeness (QED) is 0.651. The molecule has 2 aromatic rings. The molecule has 0 bridgehead atoms. The first kappa shape index (κ1) is 16.1. The van der Waals surface area contributed by atoms with Gasteiger partial charge < -0.3 is 13.9 Å². The minimum Gasteiger partial charge on any atom is -0.496 e. The average molecular weight is 367 g/mol. The molecule has 1 amide bonds. The Bertz CT molecular complexity index is 710. The van der Waals surface area contributed by atoms with E-state index >= 15 is 0 Å². The molecule has 0 aliphatic heterocycles. The van der Waals surface area contributed by atoms with E-state index in [4.69, 9.17) is 13.9 Å². The highest BCUT2D eigenvalue weighted by Crippen LogP contribution is 2.31. The monoisotopic (exact) mass is 366 g/mol. The van der Waals surface area contributed by atoms with Crippen LogP contribution in [0.25, 0.3) is 0 Å². The predicted octanol–water partition coefficient (Wildman–Crippen LogP) is 3.13. The van der Waals surface area contributed by atoms with Gasteiger partial charge in [-0.25, -0.2) is 5.43 Å². The summed E-state index contributed by atoms with van der Waals surface area (Å²) >= 11 is 3.39. The molecule has 7 heteroatoms. The summed E-state index contributed by atoms with van der Waals surface area (Å²) in [5.74, 6) is 1.67. The molecule has 1 heterocycles. The van der Waals surface area contributed by atoms with E-state index in [9.17, 15) is 4.79 Å². The van der Waals surface area contributed by atoms with Crippen molar-refractivity contribution in [3.05, 3.63) is 45.8 Å². The van der Waals surface area contributed by atoms with E-state index in [1.165, 1.54) is 6.21 Å². The molecule has 1 N–H and O–H groups in total. The van der Waals surface area contributed by atoms with Gasteiger partial charge in [0.05, 0.1) is 24.9 Å². The fraction of sp³-hybridized carbons (Fsp3) is 0.200. The van der Waals surface area contributed by atoms with Crippen molar-refractivity contribution in [3.63, 3.8) is 0 Å². The van der Waals surface area contributed by atoms with Crippen molar-refractivity contribution < 1.29 is 18.7 Å². The third-order valence-electron chi connectivity index (χ3n) is 2.84. The van der Waals surface area contributed by atoms with Crippen LogP contribution in [0.5, 0.6) is 11.5 Å². The second-order valence-corrected chi connectivity index (χ2v) is 5.19. The number of nitrogens with one attached hydrogen (secondary N) is 1. The van der Waals surface area contributed by atoms with Crippen LogP contribution in [-0.4, -0.2) is 26.3 Å². The van der Waals surface area contributed by atoms with E-state index in [2.05, 4.69) is 26.5 Å². The van der Waals surface area contributed by atoms with Crippen LogP contribution in [0.15, 0.2) is 38.3 Å². The zero-order chi connectivity index (χ0) is 16.1. The number of nitrogens with zero attached hydrogens (tertiary/aromatic N) is 1. The lowest BCUT2D eigenvalue weighted by Gasteiger charge is -2.09. The zero-order valence-corrected chi connectivity index (χ0v) is 13.9. The number of hydrazone groups is 1. The van der Waals surface area contributed by atoms with Gasteiger partial charge in [0.1, 0.15) is 17.3 Å². The van der Waals surface area contributed by atoms with Gasteiger partial charge in [0.25, 0.3) is 0 Å². The molecule has 116 valence electrons. The number of ether oxygens (including phenoxy) is 2. The van der Waals surface area contributed by atoms with E-state index < -0.39 is 5.91 Å². The van der Waals surface area contributed by atoms with Crippen LogP contribution in [0.3, 0.4) is 0 Å². The zero-order valence-electron chi connectivity index (χ0n) is 12.3. The van der Waals surface area contributed by atoms with Crippen molar-refractivity contribution >= 4 is 28.1 Å². The standard InChI is InChI=1S/C15H15BrN2O4/c1-9-4-5-12(22-9)15(19)18-17-8-10-6-11(16)14(21-3)7-13(10)20-2/h4-8H,1-3H3,(H,18,19)/b17-8-. The van der Waals surface area contributed by atoms with E-state index in [0.717, 1.165) is 4.47 Å². The number of halogens is 1. The van der Waals surface area contributed by atoms with Gasteiger partial charge >= 0.3 is 5.91 Å². The number of hydrogen-bond donors (Lipinski definition) is 1. The maximum Gasteiger partial charge on any atom is 0.307 e. The molecule has 6 nitrogen and oxygen atoms in total. The maximum absolute atomic E-state index is 11.8.